The summed E-state index contributed by atoms with van der Waals surface area (Å²) < 4.78 is 3.13. The van der Waals surface area contributed by atoms with E-state index < -0.39 is 0 Å². The monoisotopic (exact) mass is 369 g/mol. The van der Waals surface area contributed by atoms with Gasteiger partial charge < -0.3 is 9.55 Å². The third kappa shape index (κ3) is 3.04. The van der Waals surface area contributed by atoms with Crippen molar-refractivity contribution >= 4 is 0 Å². The lowest BCUT2D eigenvalue weighted by Gasteiger charge is -2.10. The molecule has 0 saturated carbocycles. The molecule has 0 spiro atoms. The maximum atomic E-state index is 12.2. The van der Waals surface area contributed by atoms with Crippen molar-refractivity contribution in [3.63, 3.8) is 0 Å². The lowest BCUT2D eigenvalue weighted by atomic mass is 9.99. The molecule has 0 atom stereocenters. The fourth-order valence-electron chi connectivity index (χ4n) is 3.04. The number of nitrogens with one attached hydrogen (secondary N) is 1. The van der Waals surface area contributed by atoms with Crippen molar-refractivity contribution in [1.29, 1.82) is 5.26 Å². The van der Waals surface area contributed by atoms with Crippen LogP contribution in [0, 0.1) is 11.3 Å². The molecular weight excluding hydrogens is 354 g/mol. The number of aromatic nitrogens is 4. The molecule has 28 heavy (non-hydrogen) atoms. The Hall–Kier alpha value is -4.18. The summed E-state index contributed by atoms with van der Waals surface area (Å²) in [5.41, 5.74) is 3.79. The van der Waals surface area contributed by atoms with Gasteiger partial charge in [0.2, 0.25) is 5.56 Å². The van der Waals surface area contributed by atoms with Crippen LogP contribution >= 0.6 is 0 Å². The van der Waals surface area contributed by atoms with Gasteiger partial charge in [0.15, 0.2) is 0 Å². The molecule has 0 bridgehead atoms. The molecule has 3 heterocycles. The number of aryl methyl sites for hydroxylation is 1. The molecule has 0 fully saturated rings. The smallest absolute Gasteiger partial charge is 0.250 e. The fourth-order valence-corrected chi connectivity index (χ4v) is 3.04. The molecule has 1 N–H and O–H groups in total. The third-order valence-corrected chi connectivity index (χ3v) is 4.49. The van der Waals surface area contributed by atoms with Crippen molar-refractivity contribution < 1.29 is 0 Å². The number of hydrogen-bond acceptors (Lipinski definition) is 4. The molecule has 0 radical (unpaired) electrons. The van der Waals surface area contributed by atoms with E-state index in [1.165, 1.54) is 16.7 Å². The van der Waals surface area contributed by atoms with Gasteiger partial charge in [0.25, 0.3) is 5.56 Å². The summed E-state index contributed by atoms with van der Waals surface area (Å²) in [5.74, 6) is 0. The number of para-hydroxylation sites is 1. The first-order valence-corrected chi connectivity index (χ1v) is 8.51. The summed E-state index contributed by atoms with van der Waals surface area (Å²) in [6.07, 6.45) is 6.81. The highest BCUT2D eigenvalue weighted by Gasteiger charge is 2.13. The second-order valence-corrected chi connectivity index (χ2v) is 6.29. The minimum atomic E-state index is -0.213. The number of nitrogens with zero attached hydrogens (tertiary/aromatic N) is 4. The van der Waals surface area contributed by atoms with Crippen LogP contribution in [0.5, 0.6) is 0 Å². The molecule has 1 aromatic carbocycles. The van der Waals surface area contributed by atoms with Gasteiger partial charge in [-0.25, -0.2) is 4.68 Å². The van der Waals surface area contributed by atoms with Gasteiger partial charge in [0.1, 0.15) is 6.07 Å². The first-order chi connectivity index (χ1) is 13.6. The quantitative estimate of drug-likeness (QED) is 0.600. The summed E-state index contributed by atoms with van der Waals surface area (Å²) in [5, 5.41) is 13.7. The second kappa shape index (κ2) is 6.85. The van der Waals surface area contributed by atoms with Gasteiger partial charge in [0, 0.05) is 48.9 Å². The molecule has 4 aromatic rings. The van der Waals surface area contributed by atoms with Crippen molar-refractivity contribution in [3.05, 3.63) is 93.5 Å². The molecule has 0 aliphatic carbocycles. The first kappa shape index (κ1) is 17.2. The summed E-state index contributed by atoms with van der Waals surface area (Å²) in [4.78, 5) is 26.2. The Morgan fingerprint density at radius 1 is 1.04 bits per heavy atom. The number of rotatable bonds is 3. The summed E-state index contributed by atoms with van der Waals surface area (Å²) in [6.45, 7) is 0. The minimum absolute atomic E-state index is 0.160. The third-order valence-electron chi connectivity index (χ3n) is 4.49. The van der Waals surface area contributed by atoms with Gasteiger partial charge in [-0.15, -0.1) is 0 Å². The Kier molecular flexibility index (Phi) is 4.22. The zero-order chi connectivity index (χ0) is 19.7. The zero-order valence-electron chi connectivity index (χ0n) is 15.0. The standard InChI is InChI=1S/C21H15N5O2/c1-25-13-18(17(8-21(25)28)15-6-7-20(27)23-10-15)16-11-24-26(12-16)19-5-3-2-4-14(19)9-22/h2-8,10-13H,1H3,(H,23,27). The SMILES string of the molecule is Cn1cc(-c2cnn(-c3ccccc3C#N)c2)c(-c2ccc(=O)[nH]c2)cc1=O. The maximum Gasteiger partial charge on any atom is 0.250 e. The van der Waals surface area contributed by atoms with Crippen molar-refractivity contribution in [2.45, 2.75) is 0 Å². The van der Waals surface area contributed by atoms with Gasteiger partial charge in [0.05, 0.1) is 17.4 Å². The van der Waals surface area contributed by atoms with Crippen LogP contribution in [0.4, 0.5) is 0 Å². The molecule has 0 saturated heterocycles. The predicted octanol–water partition coefficient (Wildman–Crippen LogP) is 2.46. The predicted molar refractivity (Wildman–Crippen MR) is 105 cm³/mol. The highest BCUT2D eigenvalue weighted by atomic mass is 16.1. The van der Waals surface area contributed by atoms with E-state index in [1.807, 2.05) is 18.3 Å². The van der Waals surface area contributed by atoms with Crippen LogP contribution in [0.15, 0.2) is 76.8 Å². The molecular formula is C21H15N5O2. The van der Waals surface area contributed by atoms with E-state index in [1.54, 1.807) is 48.5 Å². The molecule has 3 aromatic heterocycles. The Bertz CT molecular complexity index is 1320. The molecule has 0 aliphatic rings. The molecule has 7 heteroatoms. The van der Waals surface area contributed by atoms with Crippen LogP contribution in [0.3, 0.4) is 0 Å². The lowest BCUT2D eigenvalue weighted by Crippen LogP contribution is -2.15. The molecule has 4 rings (SSSR count). The van der Waals surface area contributed by atoms with E-state index in [0.29, 0.717) is 16.8 Å². The van der Waals surface area contributed by atoms with Crippen LogP contribution in [-0.4, -0.2) is 19.3 Å². The molecule has 136 valence electrons. The van der Waals surface area contributed by atoms with Crippen molar-refractivity contribution in [2.75, 3.05) is 0 Å². The zero-order valence-corrected chi connectivity index (χ0v) is 15.0. The largest absolute Gasteiger partial charge is 0.328 e. The van der Waals surface area contributed by atoms with Crippen LogP contribution in [-0.2, 0) is 7.05 Å². The number of aromatic amines is 1. The average molecular weight is 369 g/mol. The number of nitriles is 1. The molecule has 0 unspecified atom stereocenters. The van der Waals surface area contributed by atoms with E-state index >= 15 is 0 Å². The van der Waals surface area contributed by atoms with Gasteiger partial charge in [-0.1, -0.05) is 12.1 Å². The summed E-state index contributed by atoms with van der Waals surface area (Å²) in [7, 11) is 1.68. The van der Waals surface area contributed by atoms with Crippen LogP contribution < -0.4 is 11.1 Å². The van der Waals surface area contributed by atoms with Gasteiger partial charge >= 0.3 is 0 Å². The van der Waals surface area contributed by atoms with E-state index in [9.17, 15) is 14.9 Å². The lowest BCUT2D eigenvalue weighted by molar-refractivity contribution is 0.863. The summed E-state index contributed by atoms with van der Waals surface area (Å²) >= 11 is 0. The number of hydrogen-bond donors (Lipinski definition) is 1. The van der Waals surface area contributed by atoms with E-state index in [0.717, 1.165) is 16.7 Å². The Morgan fingerprint density at radius 2 is 1.86 bits per heavy atom. The van der Waals surface area contributed by atoms with Crippen molar-refractivity contribution in [1.82, 2.24) is 19.3 Å². The normalized spacial score (nSPS) is 10.6. The first-order valence-electron chi connectivity index (χ1n) is 8.51. The Labute approximate surface area is 159 Å². The van der Waals surface area contributed by atoms with Gasteiger partial charge in [-0.2, -0.15) is 10.4 Å². The van der Waals surface area contributed by atoms with Crippen molar-refractivity contribution in [2.24, 2.45) is 7.05 Å². The van der Waals surface area contributed by atoms with Gasteiger partial charge in [-0.05, 0) is 29.3 Å². The van der Waals surface area contributed by atoms with Crippen LogP contribution in [0.2, 0.25) is 0 Å². The molecule has 0 aliphatic heterocycles. The van der Waals surface area contributed by atoms with Crippen LogP contribution in [0.25, 0.3) is 27.9 Å². The molecule has 0 amide bonds. The Morgan fingerprint density at radius 3 is 2.61 bits per heavy atom. The molecule has 7 nitrogen and oxygen atoms in total. The summed E-state index contributed by atoms with van der Waals surface area (Å²) in [6, 6.07) is 14.0. The maximum absolute atomic E-state index is 12.2. The Balaban J connectivity index is 1.89. The van der Waals surface area contributed by atoms with E-state index in [4.69, 9.17) is 0 Å². The van der Waals surface area contributed by atoms with E-state index in [2.05, 4.69) is 16.2 Å². The number of H-pyrrole nitrogens is 1. The van der Waals surface area contributed by atoms with Crippen LogP contribution in [0.1, 0.15) is 5.56 Å². The highest BCUT2D eigenvalue weighted by Crippen LogP contribution is 2.30. The van der Waals surface area contributed by atoms with E-state index in [-0.39, 0.29) is 11.1 Å². The topological polar surface area (TPSA) is 96.5 Å². The second-order valence-electron chi connectivity index (χ2n) is 6.29. The average Bonchev–Trinajstić information content (AvgIpc) is 3.20. The number of pyridine rings is 2. The highest BCUT2D eigenvalue weighted by molar-refractivity contribution is 5.82. The van der Waals surface area contributed by atoms with Crippen molar-refractivity contribution in [3.8, 4) is 34.0 Å². The van der Waals surface area contributed by atoms with Gasteiger partial charge in [-0.3, -0.25) is 9.59 Å². The minimum Gasteiger partial charge on any atom is -0.328 e. The fraction of sp³-hybridized carbons (Fsp3) is 0.0476. The number of benzene rings is 1.